The number of fused-ring (bicyclic) bond motifs is 1. The number of rotatable bonds is 6. The summed E-state index contributed by atoms with van der Waals surface area (Å²) in [5.41, 5.74) is 2.22. The maximum Gasteiger partial charge on any atom is 0.237 e. The number of piperazine rings is 1. The Morgan fingerprint density at radius 2 is 1.86 bits per heavy atom. The average Bonchev–Trinajstić information content (AvgIpc) is 3.20. The average molecular weight is 416 g/mol. The Morgan fingerprint density at radius 3 is 2.66 bits per heavy atom. The Bertz CT molecular complexity index is 868. The van der Waals surface area contributed by atoms with Crippen LogP contribution >= 0.6 is 11.6 Å². The summed E-state index contributed by atoms with van der Waals surface area (Å²) in [6, 6.07) is 13.6. The van der Waals surface area contributed by atoms with Crippen molar-refractivity contribution in [1.82, 2.24) is 15.1 Å². The van der Waals surface area contributed by atoms with Crippen molar-refractivity contribution in [2.24, 2.45) is 0 Å². The molecule has 0 aliphatic carbocycles. The maximum atomic E-state index is 12.6. The molecule has 7 heteroatoms. The van der Waals surface area contributed by atoms with Crippen LogP contribution in [-0.4, -0.2) is 54.7 Å². The van der Waals surface area contributed by atoms with Crippen LogP contribution in [-0.2, 0) is 17.9 Å². The second-order valence-electron chi connectivity index (χ2n) is 7.52. The smallest absolute Gasteiger partial charge is 0.237 e. The maximum absolute atomic E-state index is 12.6. The minimum atomic E-state index is -0.155. The lowest BCUT2D eigenvalue weighted by atomic mass is 10.1. The molecule has 154 valence electrons. The first-order valence-electron chi connectivity index (χ1n) is 9.95. The third kappa shape index (κ3) is 5.01. The summed E-state index contributed by atoms with van der Waals surface area (Å²) in [4.78, 5) is 17.3. The molecule has 2 aromatic carbocycles. The molecular weight excluding hydrogens is 390 g/mol. The molecule has 0 bridgehead atoms. The molecule has 6 nitrogen and oxygen atoms in total. The molecule has 2 aliphatic heterocycles. The van der Waals surface area contributed by atoms with Gasteiger partial charge in [0.25, 0.3) is 0 Å². The Kier molecular flexibility index (Phi) is 6.23. The lowest BCUT2D eigenvalue weighted by Crippen LogP contribution is -2.53. The first-order chi connectivity index (χ1) is 14.1. The Labute approximate surface area is 176 Å². The third-order valence-electron chi connectivity index (χ3n) is 5.53. The Hall–Kier alpha value is -2.28. The number of amides is 1. The van der Waals surface area contributed by atoms with Gasteiger partial charge in [-0.25, -0.2) is 0 Å². The topological polar surface area (TPSA) is 54.0 Å². The van der Waals surface area contributed by atoms with Crippen LogP contribution in [0.3, 0.4) is 0 Å². The largest absolute Gasteiger partial charge is 0.454 e. The summed E-state index contributed by atoms with van der Waals surface area (Å²) >= 11 is 6.08. The second-order valence-corrected chi connectivity index (χ2v) is 7.96. The fraction of sp³-hybridized carbons (Fsp3) is 0.409. The summed E-state index contributed by atoms with van der Waals surface area (Å²) in [7, 11) is 0. The highest BCUT2D eigenvalue weighted by Gasteiger charge is 2.25. The zero-order valence-electron chi connectivity index (χ0n) is 16.6. The van der Waals surface area contributed by atoms with Crippen LogP contribution in [0, 0.1) is 0 Å². The van der Waals surface area contributed by atoms with Crippen LogP contribution in [0.25, 0.3) is 0 Å². The van der Waals surface area contributed by atoms with E-state index < -0.39 is 0 Å². The van der Waals surface area contributed by atoms with E-state index in [1.807, 2.05) is 43.3 Å². The van der Waals surface area contributed by atoms with Gasteiger partial charge < -0.3 is 14.8 Å². The first-order valence-corrected chi connectivity index (χ1v) is 10.3. The van der Waals surface area contributed by atoms with Crippen molar-refractivity contribution in [3.05, 3.63) is 58.6 Å². The third-order valence-corrected chi connectivity index (χ3v) is 5.77. The number of carbonyl (C=O) groups is 1. The highest BCUT2D eigenvalue weighted by molar-refractivity contribution is 6.30. The van der Waals surface area contributed by atoms with Crippen molar-refractivity contribution in [3.63, 3.8) is 0 Å². The summed E-state index contributed by atoms with van der Waals surface area (Å²) in [6.45, 7) is 7.22. The molecule has 4 rings (SSSR count). The highest BCUT2D eigenvalue weighted by Crippen LogP contribution is 2.32. The van der Waals surface area contributed by atoms with Crippen molar-refractivity contribution < 1.29 is 14.3 Å². The van der Waals surface area contributed by atoms with Crippen LogP contribution in [0.1, 0.15) is 18.1 Å². The van der Waals surface area contributed by atoms with Crippen LogP contribution in [0.2, 0.25) is 5.02 Å². The highest BCUT2D eigenvalue weighted by atomic mass is 35.5. The Balaban J connectivity index is 1.23. The molecule has 2 heterocycles. The van der Waals surface area contributed by atoms with Gasteiger partial charge in [-0.1, -0.05) is 29.8 Å². The number of hydrogen-bond acceptors (Lipinski definition) is 5. The van der Waals surface area contributed by atoms with Gasteiger partial charge in [-0.2, -0.15) is 0 Å². The fourth-order valence-electron chi connectivity index (χ4n) is 3.76. The van der Waals surface area contributed by atoms with Crippen LogP contribution in [0.5, 0.6) is 11.5 Å². The molecule has 1 unspecified atom stereocenters. The molecule has 0 saturated carbocycles. The van der Waals surface area contributed by atoms with E-state index in [0.717, 1.165) is 54.8 Å². The molecule has 1 N–H and O–H groups in total. The van der Waals surface area contributed by atoms with E-state index in [0.29, 0.717) is 6.54 Å². The minimum Gasteiger partial charge on any atom is -0.454 e. The number of nitrogens with zero attached hydrogens (tertiary/aromatic N) is 2. The zero-order valence-corrected chi connectivity index (χ0v) is 17.3. The number of nitrogens with one attached hydrogen (secondary N) is 1. The van der Waals surface area contributed by atoms with Gasteiger partial charge in [0.2, 0.25) is 12.7 Å². The van der Waals surface area contributed by atoms with Crippen LogP contribution in [0.4, 0.5) is 0 Å². The summed E-state index contributed by atoms with van der Waals surface area (Å²) < 4.78 is 10.7. The van der Waals surface area contributed by atoms with Gasteiger partial charge in [0.05, 0.1) is 6.04 Å². The van der Waals surface area contributed by atoms with E-state index in [-0.39, 0.29) is 18.7 Å². The second kappa shape index (κ2) is 9.03. The predicted molar refractivity (Wildman–Crippen MR) is 112 cm³/mol. The summed E-state index contributed by atoms with van der Waals surface area (Å²) in [5, 5.41) is 3.81. The van der Waals surface area contributed by atoms with Gasteiger partial charge in [0, 0.05) is 44.3 Å². The van der Waals surface area contributed by atoms with Crippen molar-refractivity contribution in [1.29, 1.82) is 0 Å². The first kappa shape index (κ1) is 20.0. The van der Waals surface area contributed by atoms with Crippen molar-refractivity contribution >= 4 is 17.5 Å². The van der Waals surface area contributed by atoms with E-state index in [9.17, 15) is 4.79 Å². The van der Waals surface area contributed by atoms with Crippen molar-refractivity contribution in [2.75, 3.05) is 33.0 Å². The summed E-state index contributed by atoms with van der Waals surface area (Å²) in [5.74, 6) is 1.54. The lowest BCUT2D eigenvalue weighted by Gasteiger charge is -2.37. The van der Waals surface area contributed by atoms with E-state index in [2.05, 4.69) is 21.2 Å². The van der Waals surface area contributed by atoms with Gasteiger partial charge in [-0.05, 0) is 42.3 Å². The molecule has 1 amide bonds. The van der Waals surface area contributed by atoms with Crippen molar-refractivity contribution in [2.45, 2.75) is 26.1 Å². The fourth-order valence-corrected chi connectivity index (χ4v) is 3.97. The zero-order chi connectivity index (χ0) is 20.2. The molecule has 0 spiro atoms. The van der Waals surface area contributed by atoms with E-state index >= 15 is 0 Å². The van der Waals surface area contributed by atoms with Gasteiger partial charge in [-0.15, -0.1) is 0 Å². The quantitative estimate of drug-likeness (QED) is 0.786. The van der Waals surface area contributed by atoms with E-state index in [1.54, 1.807) is 0 Å². The molecule has 0 radical (unpaired) electrons. The SMILES string of the molecule is CC(C(=O)NCc1ccc2c(c1)OCO2)N1CCN(Cc2cccc(Cl)c2)CC1. The van der Waals surface area contributed by atoms with Gasteiger partial charge in [0.1, 0.15) is 0 Å². The normalized spacial score (nSPS) is 17.9. The molecule has 29 heavy (non-hydrogen) atoms. The monoisotopic (exact) mass is 415 g/mol. The Morgan fingerprint density at radius 1 is 1.07 bits per heavy atom. The minimum absolute atomic E-state index is 0.0472. The molecule has 0 aromatic heterocycles. The standard InChI is InChI=1S/C22H26ClN3O3/c1-16(22(27)24-13-17-5-6-20-21(12-17)29-15-28-20)26-9-7-25(8-10-26)14-18-3-2-4-19(23)11-18/h2-6,11-12,16H,7-10,13-15H2,1H3,(H,24,27). The number of ether oxygens (including phenoxy) is 2. The van der Waals surface area contributed by atoms with Gasteiger partial charge >= 0.3 is 0 Å². The van der Waals surface area contributed by atoms with Crippen LogP contribution < -0.4 is 14.8 Å². The van der Waals surface area contributed by atoms with Gasteiger partial charge in [0.15, 0.2) is 11.5 Å². The van der Waals surface area contributed by atoms with Crippen LogP contribution in [0.15, 0.2) is 42.5 Å². The molecule has 2 aromatic rings. The lowest BCUT2D eigenvalue weighted by molar-refractivity contribution is -0.126. The number of halogens is 1. The molecule has 2 aliphatic rings. The van der Waals surface area contributed by atoms with Gasteiger partial charge in [-0.3, -0.25) is 14.6 Å². The number of hydrogen-bond donors (Lipinski definition) is 1. The summed E-state index contributed by atoms with van der Waals surface area (Å²) in [6.07, 6.45) is 0. The number of benzene rings is 2. The molecular formula is C22H26ClN3O3. The predicted octanol–water partition coefficient (Wildman–Crippen LogP) is 2.89. The van der Waals surface area contributed by atoms with E-state index in [4.69, 9.17) is 21.1 Å². The van der Waals surface area contributed by atoms with Crippen molar-refractivity contribution in [3.8, 4) is 11.5 Å². The number of carbonyl (C=O) groups excluding carboxylic acids is 1. The van der Waals surface area contributed by atoms with E-state index in [1.165, 1.54) is 5.56 Å². The molecule has 1 fully saturated rings. The molecule has 1 atom stereocenters. The molecule has 1 saturated heterocycles.